The van der Waals surface area contributed by atoms with E-state index in [1.165, 1.54) is 6.33 Å². The smallest absolute Gasteiger partial charge is 0.158 e. The molecule has 0 aliphatic carbocycles. The Bertz CT molecular complexity index is 1020. The fourth-order valence-electron chi connectivity index (χ4n) is 3.93. The summed E-state index contributed by atoms with van der Waals surface area (Å²) in [4.78, 5) is 18.7. The highest BCUT2D eigenvalue weighted by Crippen LogP contribution is 2.27. The summed E-state index contributed by atoms with van der Waals surface area (Å²) in [5, 5.41) is 7.71. The van der Waals surface area contributed by atoms with Crippen LogP contribution in [0.1, 0.15) is 18.9 Å². The molecule has 8 nitrogen and oxygen atoms in total. The van der Waals surface area contributed by atoms with Crippen LogP contribution in [0.2, 0.25) is 0 Å². The summed E-state index contributed by atoms with van der Waals surface area (Å²) in [6, 6.07) is 9.71. The number of aromatic nitrogens is 3. The Morgan fingerprint density at radius 3 is 3.03 bits per heavy atom. The quantitative estimate of drug-likeness (QED) is 0.661. The van der Waals surface area contributed by atoms with Crippen LogP contribution in [0.25, 0.3) is 5.52 Å². The van der Waals surface area contributed by atoms with Crippen molar-refractivity contribution < 1.29 is 9.53 Å². The van der Waals surface area contributed by atoms with Crippen molar-refractivity contribution in [2.24, 2.45) is 11.7 Å². The van der Waals surface area contributed by atoms with Gasteiger partial charge in [0, 0.05) is 49.5 Å². The van der Waals surface area contributed by atoms with E-state index in [4.69, 9.17) is 10.5 Å². The number of hydrogen-bond donors (Lipinski definition) is 2. The summed E-state index contributed by atoms with van der Waals surface area (Å²) in [7, 11) is 1.64. The largest absolute Gasteiger partial charge is 0.497 e. The van der Waals surface area contributed by atoms with Crippen LogP contribution in [0.5, 0.6) is 5.75 Å². The molecule has 1 aliphatic heterocycles. The molecule has 152 valence electrons. The molecule has 2 aromatic heterocycles. The number of nitrogens with one attached hydrogen (secondary N) is 1. The molecule has 3 heterocycles. The second-order valence-electron chi connectivity index (χ2n) is 7.50. The molecule has 3 aromatic rings. The van der Waals surface area contributed by atoms with Crippen LogP contribution in [0.15, 0.2) is 42.9 Å². The van der Waals surface area contributed by atoms with Gasteiger partial charge >= 0.3 is 0 Å². The first-order valence-corrected chi connectivity index (χ1v) is 9.76. The molecule has 1 fully saturated rings. The van der Waals surface area contributed by atoms with Gasteiger partial charge in [0.15, 0.2) is 5.82 Å². The lowest BCUT2D eigenvalue weighted by Crippen LogP contribution is -2.49. The van der Waals surface area contributed by atoms with Crippen molar-refractivity contribution in [3.05, 3.63) is 48.4 Å². The Kier molecular flexibility index (Phi) is 5.46. The Morgan fingerprint density at radius 2 is 2.24 bits per heavy atom. The van der Waals surface area contributed by atoms with Gasteiger partial charge in [0.05, 0.1) is 7.11 Å². The van der Waals surface area contributed by atoms with Crippen molar-refractivity contribution in [1.82, 2.24) is 19.5 Å². The number of likely N-dealkylation sites (tertiary alicyclic amines) is 1. The summed E-state index contributed by atoms with van der Waals surface area (Å²) in [6.45, 7) is 3.90. The van der Waals surface area contributed by atoms with Crippen LogP contribution in [0.4, 0.5) is 11.5 Å². The normalized spacial score (nSPS) is 20.0. The first kappa shape index (κ1) is 19.4. The van der Waals surface area contributed by atoms with Crippen molar-refractivity contribution >= 4 is 22.8 Å². The molecule has 3 N–H and O–H groups in total. The number of hydrogen-bond acceptors (Lipinski definition) is 7. The van der Waals surface area contributed by atoms with Crippen LogP contribution in [-0.2, 0) is 11.3 Å². The van der Waals surface area contributed by atoms with Gasteiger partial charge in [0.2, 0.25) is 0 Å². The summed E-state index contributed by atoms with van der Waals surface area (Å²) in [6.07, 6.45) is 4.29. The molecule has 0 radical (unpaired) electrons. The number of ketones is 1. The van der Waals surface area contributed by atoms with Crippen LogP contribution >= 0.6 is 0 Å². The first-order chi connectivity index (χ1) is 14.0. The molecule has 29 heavy (non-hydrogen) atoms. The molecular weight excluding hydrogens is 368 g/mol. The predicted octanol–water partition coefficient (Wildman–Crippen LogP) is 2.22. The Balaban J connectivity index is 1.60. The number of Topliss-reactive ketones (excluding diaryl/α,β-unsaturated/α-hetero) is 1. The maximum atomic E-state index is 11.9. The molecule has 0 unspecified atom stereocenters. The van der Waals surface area contributed by atoms with E-state index >= 15 is 0 Å². The number of benzene rings is 1. The molecule has 0 amide bonds. The molecule has 1 saturated heterocycles. The topological polar surface area (TPSA) is 97.8 Å². The molecule has 4 rings (SSSR count). The van der Waals surface area contributed by atoms with Crippen LogP contribution in [0.3, 0.4) is 0 Å². The lowest BCUT2D eigenvalue weighted by atomic mass is 9.89. The summed E-state index contributed by atoms with van der Waals surface area (Å²) in [5.74, 6) is 1.55. The van der Waals surface area contributed by atoms with Gasteiger partial charge in [-0.1, -0.05) is 6.07 Å². The number of methoxy groups -OCH3 is 1. The fraction of sp³-hybridized carbons (Fsp3) is 0.381. The van der Waals surface area contributed by atoms with E-state index in [9.17, 15) is 4.79 Å². The van der Waals surface area contributed by atoms with Gasteiger partial charge in [-0.15, -0.1) is 0 Å². The number of anilines is 2. The molecule has 8 heteroatoms. The van der Waals surface area contributed by atoms with Crippen molar-refractivity contribution in [3.63, 3.8) is 0 Å². The van der Waals surface area contributed by atoms with Crippen LogP contribution in [0, 0.1) is 5.92 Å². The third-order valence-corrected chi connectivity index (χ3v) is 5.54. The SMILES string of the molecule is COc1cccc(Nc2ncnn3ccc(CN4CC[C@H](N)[C@H](C(C)=O)C4)c23)c1. The first-order valence-electron chi connectivity index (χ1n) is 9.76. The highest BCUT2D eigenvalue weighted by atomic mass is 16.5. The zero-order chi connectivity index (χ0) is 20.4. The standard InChI is InChI=1S/C21H26N6O2/c1-14(28)18-12-26(8-7-19(18)22)11-15-6-9-27-20(15)21(23-13-24-27)25-16-4-3-5-17(10-16)29-2/h3-6,9-10,13,18-19H,7-8,11-12,22H2,1-2H3,(H,23,24,25)/t18-,19-/m0/s1. The van der Waals surface area contributed by atoms with Crippen molar-refractivity contribution in [3.8, 4) is 5.75 Å². The van der Waals surface area contributed by atoms with Gasteiger partial charge in [-0.05, 0) is 37.1 Å². The number of carbonyl (C=O) groups excluding carboxylic acids is 1. The van der Waals surface area contributed by atoms with E-state index < -0.39 is 0 Å². The van der Waals surface area contributed by atoms with Crippen molar-refractivity contribution in [2.75, 3.05) is 25.5 Å². The number of nitrogens with zero attached hydrogens (tertiary/aromatic N) is 4. The van der Waals surface area contributed by atoms with E-state index in [0.29, 0.717) is 13.1 Å². The van der Waals surface area contributed by atoms with Gasteiger partial charge < -0.3 is 15.8 Å². The Morgan fingerprint density at radius 1 is 1.38 bits per heavy atom. The number of piperidine rings is 1. The Hall–Kier alpha value is -2.97. The van der Waals surface area contributed by atoms with Crippen molar-refractivity contribution in [2.45, 2.75) is 25.9 Å². The zero-order valence-electron chi connectivity index (χ0n) is 16.7. The van der Waals surface area contributed by atoms with Gasteiger partial charge in [-0.2, -0.15) is 5.10 Å². The second-order valence-corrected chi connectivity index (χ2v) is 7.50. The summed E-state index contributed by atoms with van der Waals surface area (Å²) >= 11 is 0. The molecule has 0 spiro atoms. The number of fused-ring (bicyclic) bond motifs is 1. The predicted molar refractivity (Wildman–Crippen MR) is 111 cm³/mol. The average Bonchev–Trinajstić information content (AvgIpc) is 3.13. The van der Waals surface area contributed by atoms with E-state index in [1.54, 1.807) is 14.0 Å². The van der Waals surface area contributed by atoms with Gasteiger partial charge in [-0.25, -0.2) is 9.50 Å². The zero-order valence-corrected chi connectivity index (χ0v) is 16.7. The van der Waals surface area contributed by atoms with Crippen molar-refractivity contribution in [1.29, 1.82) is 0 Å². The summed E-state index contributed by atoms with van der Waals surface area (Å²) in [5.41, 5.74) is 9.06. The third-order valence-electron chi connectivity index (χ3n) is 5.54. The van der Waals surface area contributed by atoms with E-state index in [2.05, 4.69) is 26.4 Å². The minimum atomic E-state index is -0.108. The lowest BCUT2D eigenvalue weighted by molar-refractivity contribution is -0.123. The number of nitrogens with two attached hydrogens (primary N) is 1. The molecule has 1 aromatic carbocycles. The van der Waals surface area contributed by atoms with E-state index in [1.807, 2.05) is 35.0 Å². The third kappa shape index (κ3) is 4.08. The maximum Gasteiger partial charge on any atom is 0.158 e. The van der Waals surface area contributed by atoms with E-state index in [-0.39, 0.29) is 17.7 Å². The van der Waals surface area contributed by atoms with Gasteiger partial charge in [-0.3, -0.25) is 9.69 Å². The summed E-state index contributed by atoms with van der Waals surface area (Å²) < 4.78 is 7.13. The molecule has 2 atom stereocenters. The monoisotopic (exact) mass is 394 g/mol. The molecule has 1 aliphatic rings. The van der Waals surface area contributed by atoms with Gasteiger partial charge in [0.1, 0.15) is 23.4 Å². The number of ether oxygens (including phenoxy) is 1. The second kappa shape index (κ2) is 8.18. The minimum absolute atomic E-state index is 0.0526. The molecule has 0 saturated carbocycles. The van der Waals surface area contributed by atoms with Gasteiger partial charge in [0.25, 0.3) is 0 Å². The lowest BCUT2D eigenvalue weighted by Gasteiger charge is -2.35. The molecule has 0 bridgehead atoms. The molecular formula is C21H26N6O2. The van der Waals surface area contributed by atoms with E-state index in [0.717, 1.165) is 41.3 Å². The highest BCUT2D eigenvalue weighted by Gasteiger charge is 2.30. The number of carbonyl (C=O) groups is 1. The number of rotatable bonds is 6. The fourth-order valence-corrected chi connectivity index (χ4v) is 3.93. The average molecular weight is 394 g/mol. The maximum absolute atomic E-state index is 11.9. The Labute approximate surface area is 169 Å². The highest BCUT2D eigenvalue weighted by molar-refractivity contribution is 5.79. The minimum Gasteiger partial charge on any atom is -0.497 e. The van der Waals surface area contributed by atoms with Crippen LogP contribution < -0.4 is 15.8 Å². The van der Waals surface area contributed by atoms with Crippen LogP contribution in [-0.4, -0.2) is 51.5 Å².